The summed E-state index contributed by atoms with van der Waals surface area (Å²) in [7, 11) is 0. The molecule has 0 aliphatic carbocycles. The fraction of sp³-hybridized carbons (Fsp3) is 0.600. The molecule has 0 bridgehead atoms. The van der Waals surface area contributed by atoms with Gasteiger partial charge in [0, 0.05) is 0 Å². The van der Waals surface area contributed by atoms with Crippen LogP contribution in [0.3, 0.4) is 0 Å². The summed E-state index contributed by atoms with van der Waals surface area (Å²) >= 11 is -3.35. The molecule has 5 nitrogen and oxygen atoms in total. The first-order valence-corrected chi connectivity index (χ1v) is 8.21. The first kappa shape index (κ1) is 10.5. The van der Waals surface area contributed by atoms with Gasteiger partial charge in [-0.2, -0.15) is 0 Å². The zero-order valence-electron chi connectivity index (χ0n) is 6.02. The molecule has 3 N–H and O–H groups in total. The molecule has 0 spiro atoms. The summed E-state index contributed by atoms with van der Waals surface area (Å²) in [5, 5.41) is 15.7. The average Bonchev–Trinajstić information content (AvgIpc) is 1.53. The Hall–Kier alpha value is -0.542. The molecule has 0 aliphatic rings. The Balaban J connectivity index is 3.99. The van der Waals surface area contributed by atoms with Crippen molar-refractivity contribution in [2.24, 2.45) is 0 Å². The molecule has 1 radical (unpaired) electrons. The van der Waals surface area contributed by atoms with Crippen molar-refractivity contribution in [1.29, 1.82) is 0 Å². The SMILES string of the molecule is C[As](O)(CC(=O)O)CC(=O)O. The molecule has 0 saturated heterocycles. The molecule has 65 valence electrons. The van der Waals surface area contributed by atoms with E-state index in [9.17, 15) is 13.7 Å². The number of carboxylic acid groups (broad SMARTS) is 2. The van der Waals surface area contributed by atoms with E-state index in [4.69, 9.17) is 10.2 Å². The van der Waals surface area contributed by atoms with Crippen LogP contribution in [0.5, 0.6) is 0 Å². The Kier molecular flexibility index (Phi) is 3.55. The zero-order valence-corrected chi connectivity index (χ0v) is 7.90. The fourth-order valence-electron chi connectivity index (χ4n) is 0.639. The van der Waals surface area contributed by atoms with E-state index in [1.165, 1.54) is 5.71 Å². The summed E-state index contributed by atoms with van der Waals surface area (Å²) < 4.78 is 9.27. The van der Waals surface area contributed by atoms with Crippen molar-refractivity contribution in [3.8, 4) is 0 Å². The second-order valence-corrected chi connectivity index (χ2v) is 9.39. The van der Waals surface area contributed by atoms with Crippen molar-refractivity contribution in [3.63, 3.8) is 0 Å². The van der Waals surface area contributed by atoms with Crippen molar-refractivity contribution >= 4 is 25.8 Å². The summed E-state index contributed by atoms with van der Waals surface area (Å²) in [6.45, 7) is 0. The summed E-state index contributed by atoms with van der Waals surface area (Å²) in [6, 6.07) is 0. The summed E-state index contributed by atoms with van der Waals surface area (Å²) in [5.74, 6) is -2.27. The van der Waals surface area contributed by atoms with Crippen LogP contribution in [0.2, 0.25) is 16.1 Å². The third kappa shape index (κ3) is 5.88. The minimum atomic E-state index is -3.35. The van der Waals surface area contributed by atoms with Gasteiger partial charge in [-0.3, -0.25) is 0 Å². The van der Waals surface area contributed by atoms with E-state index in [1.54, 1.807) is 0 Å². The first-order chi connectivity index (χ1) is 4.83. The molecular formula is C5H10AsO5. The standard InChI is InChI=1S/C5H10AsO5/c1-6(11,2-4(7)8)3-5(9)10/h11H,2-3H2,1H3,(H,7,8)(H,9,10). The van der Waals surface area contributed by atoms with Crippen molar-refractivity contribution < 1.29 is 23.9 Å². The topological polar surface area (TPSA) is 94.8 Å². The van der Waals surface area contributed by atoms with Crippen molar-refractivity contribution in [1.82, 2.24) is 0 Å². The molecule has 0 amide bonds. The first-order valence-electron chi connectivity index (χ1n) is 2.84. The summed E-state index contributed by atoms with van der Waals surface area (Å²) in [6.07, 6.45) is 0. The third-order valence-electron chi connectivity index (χ3n) is 0.952. The van der Waals surface area contributed by atoms with E-state index >= 15 is 0 Å². The van der Waals surface area contributed by atoms with E-state index < -0.39 is 25.8 Å². The van der Waals surface area contributed by atoms with Crippen molar-refractivity contribution in [2.45, 2.75) is 16.1 Å². The van der Waals surface area contributed by atoms with Crippen LogP contribution < -0.4 is 0 Å². The van der Waals surface area contributed by atoms with Crippen molar-refractivity contribution in [2.75, 3.05) is 0 Å². The molecule has 0 fully saturated rings. The quantitative estimate of drug-likeness (QED) is 0.572. The number of aliphatic carboxylic acids is 2. The Morgan fingerprint density at radius 2 is 1.45 bits per heavy atom. The maximum absolute atomic E-state index is 10.1. The molecule has 0 aromatic rings. The van der Waals surface area contributed by atoms with E-state index in [0.29, 0.717) is 0 Å². The van der Waals surface area contributed by atoms with E-state index in [-0.39, 0.29) is 10.4 Å². The van der Waals surface area contributed by atoms with Gasteiger partial charge in [0.15, 0.2) is 0 Å². The van der Waals surface area contributed by atoms with Crippen LogP contribution in [0.1, 0.15) is 0 Å². The van der Waals surface area contributed by atoms with Crippen LogP contribution in [0, 0.1) is 0 Å². The predicted octanol–water partition coefficient (Wildman–Crippen LogP) is -0.277. The number of rotatable bonds is 4. The minimum absolute atomic E-state index is 0.384. The van der Waals surface area contributed by atoms with Gasteiger partial charge in [-0.1, -0.05) is 0 Å². The van der Waals surface area contributed by atoms with Crippen LogP contribution in [-0.2, 0) is 9.59 Å². The van der Waals surface area contributed by atoms with Gasteiger partial charge in [-0.15, -0.1) is 0 Å². The van der Waals surface area contributed by atoms with Crippen LogP contribution in [0.25, 0.3) is 0 Å². The Morgan fingerprint density at radius 3 is 1.64 bits per heavy atom. The van der Waals surface area contributed by atoms with Crippen LogP contribution in [0.15, 0.2) is 0 Å². The molecule has 0 saturated carbocycles. The fourth-order valence-corrected chi connectivity index (χ4v) is 3.32. The number of carboxylic acids is 2. The van der Waals surface area contributed by atoms with E-state index in [1.807, 2.05) is 0 Å². The Bertz CT molecular complexity index is 158. The van der Waals surface area contributed by atoms with Crippen LogP contribution in [-0.4, -0.2) is 40.1 Å². The summed E-state index contributed by atoms with van der Waals surface area (Å²) in [5.41, 5.74) is 1.35. The van der Waals surface area contributed by atoms with Crippen molar-refractivity contribution in [3.05, 3.63) is 0 Å². The average molecular weight is 225 g/mol. The van der Waals surface area contributed by atoms with Gasteiger partial charge in [0.05, 0.1) is 0 Å². The van der Waals surface area contributed by atoms with Gasteiger partial charge in [-0.25, -0.2) is 0 Å². The molecule has 0 rings (SSSR count). The van der Waals surface area contributed by atoms with Gasteiger partial charge in [0.1, 0.15) is 0 Å². The molecule has 0 aliphatic heterocycles. The molecule has 0 heterocycles. The molecule has 11 heavy (non-hydrogen) atoms. The van der Waals surface area contributed by atoms with Gasteiger partial charge < -0.3 is 0 Å². The second kappa shape index (κ2) is 3.74. The van der Waals surface area contributed by atoms with Crippen LogP contribution in [0.4, 0.5) is 0 Å². The van der Waals surface area contributed by atoms with Gasteiger partial charge in [-0.05, 0) is 0 Å². The molecule has 0 atom stereocenters. The van der Waals surface area contributed by atoms with Gasteiger partial charge in [0.25, 0.3) is 0 Å². The Labute approximate surface area is 66.5 Å². The molecule has 0 unspecified atom stereocenters. The molecular weight excluding hydrogens is 215 g/mol. The second-order valence-electron chi connectivity index (χ2n) is 2.44. The Morgan fingerprint density at radius 1 is 1.18 bits per heavy atom. The van der Waals surface area contributed by atoms with Crippen LogP contribution >= 0.6 is 0 Å². The number of carbonyl (C=O) groups is 2. The maximum atomic E-state index is 10.1. The van der Waals surface area contributed by atoms with E-state index in [0.717, 1.165) is 0 Å². The normalized spacial score (nSPS) is 11.1. The summed E-state index contributed by atoms with van der Waals surface area (Å²) in [4.78, 5) is 20.2. The molecule has 6 heteroatoms. The van der Waals surface area contributed by atoms with Gasteiger partial charge in [0.2, 0.25) is 0 Å². The monoisotopic (exact) mass is 225 g/mol. The molecule has 0 aromatic carbocycles. The number of hydrogen-bond acceptors (Lipinski definition) is 3. The van der Waals surface area contributed by atoms with Gasteiger partial charge >= 0.3 is 65.9 Å². The molecule has 0 aromatic heterocycles. The van der Waals surface area contributed by atoms with E-state index in [2.05, 4.69) is 0 Å². The number of hydrogen-bond donors (Lipinski definition) is 3. The zero-order chi connectivity index (χ0) is 9.07. The predicted molar refractivity (Wildman–Crippen MR) is 38.7 cm³/mol. The third-order valence-corrected chi connectivity index (χ3v) is 4.95.